The van der Waals surface area contributed by atoms with Crippen LogP contribution >= 0.6 is 0 Å². The first-order valence-electron chi connectivity index (χ1n) is 6.32. The quantitative estimate of drug-likeness (QED) is 0.800. The number of carbonyl (C=O) groups excluding carboxylic acids is 1. The normalized spacial score (nSPS) is 19.5. The van der Waals surface area contributed by atoms with Crippen molar-refractivity contribution in [3.8, 4) is 0 Å². The molecule has 1 aliphatic rings. The highest BCUT2D eigenvalue weighted by Gasteiger charge is 2.19. The van der Waals surface area contributed by atoms with Crippen molar-refractivity contribution in [3.05, 3.63) is 24.0 Å². The molecule has 1 saturated heterocycles. The summed E-state index contributed by atoms with van der Waals surface area (Å²) in [5.41, 5.74) is 1.19. The molecule has 4 nitrogen and oxygen atoms in total. The number of nitrogens with one attached hydrogen (secondary N) is 2. The van der Waals surface area contributed by atoms with Crippen molar-refractivity contribution in [2.45, 2.75) is 19.3 Å². The lowest BCUT2D eigenvalue weighted by Gasteiger charge is -2.18. The topological polar surface area (TPSA) is 48.1 Å². The number of carbonyl (C=O) groups is 1. The van der Waals surface area contributed by atoms with Gasteiger partial charge in [-0.3, -0.25) is 4.79 Å². The van der Waals surface area contributed by atoms with Crippen LogP contribution in [0.1, 0.15) is 18.5 Å². The van der Waals surface area contributed by atoms with E-state index in [9.17, 15) is 4.79 Å². The largest absolute Gasteiger partial charge is 0.365 e. The molecular formula is C13H21N3O. The molecule has 0 radical (unpaired) electrons. The van der Waals surface area contributed by atoms with Gasteiger partial charge in [-0.15, -0.1) is 0 Å². The third-order valence-electron chi connectivity index (χ3n) is 3.43. The average molecular weight is 235 g/mol. The summed E-state index contributed by atoms with van der Waals surface area (Å²) in [5, 5.41) is 3.30. The first kappa shape index (κ1) is 12.2. The number of aromatic amines is 1. The van der Waals surface area contributed by atoms with Gasteiger partial charge in [-0.25, -0.2) is 0 Å². The van der Waals surface area contributed by atoms with Crippen molar-refractivity contribution in [1.29, 1.82) is 0 Å². The highest BCUT2D eigenvalue weighted by atomic mass is 16.2. The Labute approximate surface area is 102 Å². The molecule has 0 bridgehead atoms. The van der Waals surface area contributed by atoms with E-state index in [1.165, 1.54) is 5.69 Å². The summed E-state index contributed by atoms with van der Waals surface area (Å²) in [6.45, 7) is 2.85. The maximum Gasteiger partial charge on any atom is 0.222 e. The van der Waals surface area contributed by atoms with E-state index in [1.54, 1.807) is 0 Å². The molecule has 0 spiro atoms. The Balaban J connectivity index is 1.71. The smallest absolute Gasteiger partial charge is 0.222 e. The summed E-state index contributed by atoms with van der Waals surface area (Å²) in [4.78, 5) is 16.9. The molecule has 0 aliphatic carbocycles. The second-order valence-corrected chi connectivity index (χ2v) is 4.82. The minimum Gasteiger partial charge on any atom is -0.365 e. The first-order valence-corrected chi connectivity index (χ1v) is 6.32. The number of nitrogens with zero attached hydrogens (tertiary/aromatic N) is 1. The zero-order valence-corrected chi connectivity index (χ0v) is 10.4. The molecular weight excluding hydrogens is 214 g/mol. The van der Waals surface area contributed by atoms with Crippen LogP contribution in [0.25, 0.3) is 0 Å². The van der Waals surface area contributed by atoms with Crippen LogP contribution in [0.4, 0.5) is 0 Å². The highest BCUT2D eigenvalue weighted by Crippen LogP contribution is 2.13. The van der Waals surface area contributed by atoms with E-state index in [1.807, 2.05) is 24.2 Å². The molecule has 1 unspecified atom stereocenters. The number of hydrogen-bond donors (Lipinski definition) is 2. The van der Waals surface area contributed by atoms with Gasteiger partial charge in [0.2, 0.25) is 5.91 Å². The summed E-state index contributed by atoms with van der Waals surface area (Å²) in [5.74, 6) is 0.806. The Bertz CT molecular complexity index is 342. The van der Waals surface area contributed by atoms with E-state index < -0.39 is 0 Å². The van der Waals surface area contributed by atoms with Crippen molar-refractivity contribution in [2.75, 3.05) is 26.7 Å². The van der Waals surface area contributed by atoms with E-state index in [0.717, 1.165) is 32.5 Å². The van der Waals surface area contributed by atoms with Gasteiger partial charge in [0.15, 0.2) is 0 Å². The predicted octanol–water partition coefficient (Wildman–Crippen LogP) is 1.02. The minimum absolute atomic E-state index is 0.269. The van der Waals surface area contributed by atoms with Gasteiger partial charge in [-0.2, -0.15) is 0 Å². The zero-order valence-electron chi connectivity index (χ0n) is 10.4. The van der Waals surface area contributed by atoms with Gasteiger partial charge >= 0.3 is 0 Å². The van der Waals surface area contributed by atoms with Crippen LogP contribution in [0, 0.1) is 5.92 Å². The number of aromatic nitrogens is 1. The van der Waals surface area contributed by atoms with Gasteiger partial charge in [0.1, 0.15) is 0 Å². The van der Waals surface area contributed by atoms with E-state index in [-0.39, 0.29) is 5.91 Å². The third-order valence-corrected chi connectivity index (χ3v) is 3.43. The van der Waals surface area contributed by atoms with Crippen molar-refractivity contribution >= 4 is 5.91 Å². The molecule has 1 atom stereocenters. The van der Waals surface area contributed by atoms with Gasteiger partial charge in [0.05, 0.1) is 0 Å². The van der Waals surface area contributed by atoms with E-state index in [4.69, 9.17) is 0 Å². The number of amides is 1. The summed E-state index contributed by atoms with van der Waals surface area (Å²) in [6.07, 6.45) is 4.64. The third kappa shape index (κ3) is 3.60. The second kappa shape index (κ2) is 5.87. The standard InChI is InChI=1S/C13H21N3O/c1-16(8-5-12-3-2-6-15-12)13(17)9-11-4-7-14-10-11/h2-3,6,11,14-15H,4-5,7-10H2,1H3. The second-order valence-electron chi connectivity index (χ2n) is 4.82. The lowest BCUT2D eigenvalue weighted by molar-refractivity contribution is -0.130. The molecule has 2 rings (SSSR count). The van der Waals surface area contributed by atoms with Crippen LogP contribution in [-0.2, 0) is 11.2 Å². The number of hydrogen-bond acceptors (Lipinski definition) is 2. The van der Waals surface area contributed by atoms with Crippen molar-refractivity contribution < 1.29 is 4.79 Å². The maximum atomic E-state index is 11.9. The molecule has 1 amide bonds. The van der Waals surface area contributed by atoms with Crippen molar-refractivity contribution in [2.24, 2.45) is 5.92 Å². The molecule has 2 heterocycles. The number of rotatable bonds is 5. The average Bonchev–Trinajstić information content (AvgIpc) is 2.98. The fourth-order valence-corrected chi connectivity index (χ4v) is 2.23. The maximum absolute atomic E-state index is 11.9. The lowest BCUT2D eigenvalue weighted by atomic mass is 10.0. The van der Waals surface area contributed by atoms with Crippen LogP contribution in [0.3, 0.4) is 0 Å². The Hall–Kier alpha value is -1.29. The Morgan fingerprint density at radius 2 is 2.47 bits per heavy atom. The van der Waals surface area contributed by atoms with Crippen LogP contribution in [0.5, 0.6) is 0 Å². The lowest BCUT2D eigenvalue weighted by Crippen LogP contribution is -2.30. The molecule has 0 aromatic carbocycles. The Morgan fingerprint density at radius 1 is 1.59 bits per heavy atom. The molecule has 0 saturated carbocycles. The zero-order chi connectivity index (χ0) is 12.1. The molecule has 4 heteroatoms. The number of H-pyrrole nitrogens is 1. The molecule has 1 aromatic rings. The summed E-state index contributed by atoms with van der Waals surface area (Å²) in [6, 6.07) is 4.04. The van der Waals surface area contributed by atoms with Gasteiger partial charge in [0.25, 0.3) is 0 Å². The van der Waals surface area contributed by atoms with Gasteiger partial charge in [-0.1, -0.05) is 0 Å². The fourth-order valence-electron chi connectivity index (χ4n) is 2.23. The van der Waals surface area contributed by atoms with Crippen molar-refractivity contribution in [3.63, 3.8) is 0 Å². The van der Waals surface area contributed by atoms with Crippen molar-refractivity contribution in [1.82, 2.24) is 15.2 Å². The van der Waals surface area contributed by atoms with E-state index in [0.29, 0.717) is 12.3 Å². The van der Waals surface area contributed by atoms with Crippen LogP contribution in [0.15, 0.2) is 18.3 Å². The van der Waals surface area contributed by atoms with Gasteiger partial charge in [-0.05, 0) is 37.6 Å². The molecule has 1 aliphatic heterocycles. The van der Waals surface area contributed by atoms with Crippen LogP contribution in [0.2, 0.25) is 0 Å². The highest BCUT2D eigenvalue weighted by molar-refractivity contribution is 5.76. The molecule has 1 fully saturated rings. The molecule has 17 heavy (non-hydrogen) atoms. The summed E-state index contributed by atoms with van der Waals surface area (Å²) in [7, 11) is 1.90. The minimum atomic E-state index is 0.269. The van der Waals surface area contributed by atoms with Gasteiger partial charge < -0.3 is 15.2 Å². The van der Waals surface area contributed by atoms with Gasteiger partial charge in [0, 0.05) is 38.3 Å². The predicted molar refractivity (Wildman–Crippen MR) is 67.7 cm³/mol. The monoisotopic (exact) mass is 235 g/mol. The molecule has 2 N–H and O–H groups in total. The number of likely N-dealkylation sites (N-methyl/N-ethyl adjacent to an activating group) is 1. The van der Waals surface area contributed by atoms with E-state index >= 15 is 0 Å². The first-order chi connectivity index (χ1) is 8.25. The SMILES string of the molecule is CN(CCc1ccc[nH]1)C(=O)CC1CCNC1. The Kier molecular flexibility index (Phi) is 4.20. The fraction of sp³-hybridized carbons (Fsp3) is 0.615. The van der Waals surface area contributed by atoms with E-state index in [2.05, 4.69) is 16.4 Å². The van der Waals surface area contributed by atoms with Crippen LogP contribution < -0.4 is 5.32 Å². The molecule has 1 aromatic heterocycles. The summed E-state index contributed by atoms with van der Waals surface area (Å²) < 4.78 is 0. The van der Waals surface area contributed by atoms with Crippen LogP contribution in [-0.4, -0.2) is 42.5 Å². The molecule has 94 valence electrons. The summed E-state index contributed by atoms with van der Waals surface area (Å²) >= 11 is 0. The Morgan fingerprint density at radius 3 is 3.12 bits per heavy atom.